The summed E-state index contributed by atoms with van der Waals surface area (Å²) < 4.78 is 11.0. The van der Waals surface area contributed by atoms with Gasteiger partial charge in [-0.2, -0.15) is 0 Å². The van der Waals surface area contributed by atoms with Crippen LogP contribution >= 0.6 is 11.6 Å². The van der Waals surface area contributed by atoms with Crippen molar-refractivity contribution in [3.8, 4) is 5.75 Å². The molecule has 0 aliphatic carbocycles. The molecule has 0 bridgehead atoms. The van der Waals surface area contributed by atoms with Gasteiger partial charge < -0.3 is 14.4 Å². The van der Waals surface area contributed by atoms with E-state index in [1.807, 2.05) is 19.9 Å². The summed E-state index contributed by atoms with van der Waals surface area (Å²) in [5, 5.41) is 0.674. The molecule has 1 aliphatic heterocycles. The Labute approximate surface area is 154 Å². The molecule has 0 saturated carbocycles. The van der Waals surface area contributed by atoms with Gasteiger partial charge in [-0.25, -0.2) is 0 Å². The van der Waals surface area contributed by atoms with Crippen LogP contribution in [0.1, 0.15) is 38.7 Å². The van der Waals surface area contributed by atoms with Gasteiger partial charge in [-0.3, -0.25) is 9.59 Å². The molecule has 6 heteroatoms. The standard InChI is InChI=1S/C19H26ClNO4/c1-4-17(25-15-6-7-16(20)13(3)12-15)18(22)21-10-8-14(9-11-21)19(23)24-5-2/h6-7,12,14,17H,4-5,8-11H2,1-3H3. The average Bonchev–Trinajstić information content (AvgIpc) is 2.62. The minimum Gasteiger partial charge on any atom is -0.481 e. The molecule has 1 aromatic rings. The first kappa shape index (κ1) is 19.6. The first-order chi connectivity index (χ1) is 12.0. The lowest BCUT2D eigenvalue weighted by Crippen LogP contribution is -2.46. The number of nitrogens with zero attached hydrogens (tertiary/aromatic N) is 1. The lowest BCUT2D eigenvalue weighted by molar-refractivity contribution is -0.152. The zero-order chi connectivity index (χ0) is 18.4. The topological polar surface area (TPSA) is 55.8 Å². The van der Waals surface area contributed by atoms with Crippen molar-refractivity contribution in [2.24, 2.45) is 5.92 Å². The predicted molar refractivity (Wildman–Crippen MR) is 96.8 cm³/mol. The number of rotatable bonds is 6. The van der Waals surface area contributed by atoms with Gasteiger partial charge in [0.2, 0.25) is 0 Å². The van der Waals surface area contributed by atoms with Crippen LogP contribution < -0.4 is 4.74 Å². The minimum absolute atomic E-state index is 0.0302. The SMILES string of the molecule is CCOC(=O)C1CCN(C(=O)C(CC)Oc2ccc(Cl)c(C)c2)CC1. The monoisotopic (exact) mass is 367 g/mol. The zero-order valence-corrected chi connectivity index (χ0v) is 15.8. The van der Waals surface area contributed by atoms with Gasteiger partial charge in [0.1, 0.15) is 5.75 Å². The Morgan fingerprint density at radius 1 is 1.28 bits per heavy atom. The molecule has 0 radical (unpaired) electrons. The van der Waals surface area contributed by atoms with Crippen molar-refractivity contribution in [1.82, 2.24) is 4.90 Å². The van der Waals surface area contributed by atoms with E-state index in [0.717, 1.165) is 5.56 Å². The van der Waals surface area contributed by atoms with Gasteiger partial charge in [0, 0.05) is 18.1 Å². The quantitative estimate of drug-likeness (QED) is 0.721. The van der Waals surface area contributed by atoms with Gasteiger partial charge in [-0.15, -0.1) is 0 Å². The number of carbonyl (C=O) groups is 2. The third-order valence-electron chi connectivity index (χ3n) is 4.48. The van der Waals surface area contributed by atoms with Crippen LogP contribution in [0.15, 0.2) is 18.2 Å². The van der Waals surface area contributed by atoms with Crippen LogP contribution in [0.2, 0.25) is 5.02 Å². The molecule has 0 N–H and O–H groups in total. The molecule has 1 unspecified atom stereocenters. The summed E-state index contributed by atoms with van der Waals surface area (Å²) in [7, 11) is 0. The number of piperidine rings is 1. The molecule has 2 rings (SSSR count). The van der Waals surface area contributed by atoms with Crippen LogP contribution in [0, 0.1) is 12.8 Å². The van der Waals surface area contributed by atoms with Gasteiger partial charge >= 0.3 is 5.97 Å². The van der Waals surface area contributed by atoms with Crippen molar-refractivity contribution in [2.45, 2.75) is 46.1 Å². The Hall–Kier alpha value is -1.75. The van der Waals surface area contributed by atoms with E-state index in [-0.39, 0.29) is 17.8 Å². The number of esters is 1. The van der Waals surface area contributed by atoms with E-state index in [9.17, 15) is 9.59 Å². The van der Waals surface area contributed by atoms with E-state index in [1.54, 1.807) is 24.0 Å². The molecule has 25 heavy (non-hydrogen) atoms. The largest absolute Gasteiger partial charge is 0.481 e. The summed E-state index contributed by atoms with van der Waals surface area (Å²) in [5.74, 6) is 0.347. The fourth-order valence-corrected chi connectivity index (χ4v) is 3.08. The van der Waals surface area contributed by atoms with Crippen LogP contribution in [0.3, 0.4) is 0 Å². The number of aryl methyl sites for hydroxylation is 1. The second-order valence-corrected chi connectivity index (χ2v) is 6.68. The van der Waals surface area contributed by atoms with Crippen LogP contribution in [0.25, 0.3) is 0 Å². The molecule has 5 nitrogen and oxygen atoms in total. The zero-order valence-electron chi connectivity index (χ0n) is 15.1. The number of likely N-dealkylation sites (tertiary alicyclic amines) is 1. The van der Waals surface area contributed by atoms with E-state index in [2.05, 4.69) is 0 Å². The predicted octanol–water partition coefficient (Wildman–Crippen LogP) is 3.61. The highest BCUT2D eigenvalue weighted by atomic mass is 35.5. The van der Waals surface area contributed by atoms with Crippen LogP contribution in [-0.4, -0.2) is 42.6 Å². The van der Waals surface area contributed by atoms with Crippen molar-refractivity contribution in [3.63, 3.8) is 0 Å². The molecule has 1 saturated heterocycles. The molecule has 0 aromatic heterocycles. The number of hydrogen-bond donors (Lipinski definition) is 0. The number of ether oxygens (including phenoxy) is 2. The van der Waals surface area contributed by atoms with Crippen molar-refractivity contribution in [1.29, 1.82) is 0 Å². The van der Waals surface area contributed by atoms with Gasteiger partial charge in [0.25, 0.3) is 5.91 Å². The lowest BCUT2D eigenvalue weighted by Gasteiger charge is -2.33. The number of carbonyl (C=O) groups excluding carboxylic acids is 2. The van der Waals surface area contributed by atoms with E-state index in [0.29, 0.717) is 49.7 Å². The Kier molecular flexibility index (Phi) is 7.12. The molecular weight excluding hydrogens is 342 g/mol. The smallest absolute Gasteiger partial charge is 0.309 e. The summed E-state index contributed by atoms with van der Waals surface area (Å²) in [6, 6.07) is 5.39. The second-order valence-electron chi connectivity index (χ2n) is 6.28. The highest BCUT2D eigenvalue weighted by molar-refractivity contribution is 6.31. The Morgan fingerprint density at radius 2 is 1.96 bits per heavy atom. The third kappa shape index (κ3) is 5.11. The molecule has 1 aromatic carbocycles. The summed E-state index contributed by atoms with van der Waals surface area (Å²) in [5.41, 5.74) is 0.914. The second kappa shape index (κ2) is 9.09. The summed E-state index contributed by atoms with van der Waals surface area (Å²) in [6.45, 7) is 7.14. The summed E-state index contributed by atoms with van der Waals surface area (Å²) in [6.07, 6.45) is 1.33. The Balaban J connectivity index is 1.94. The lowest BCUT2D eigenvalue weighted by atomic mass is 9.96. The summed E-state index contributed by atoms with van der Waals surface area (Å²) >= 11 is 6.03. The first-order valence-corrected chi connectivity index (χ1v) is 9.22. The van der Waals surface area contributed by atoms with Gasteiger partial charge in [0.15, 0.2) is 6.10 Å². The highest BCUT2D eigenvalue weighted by Crippen LogP contribution is 2.24. The highest BCUT2D eigenvalue weighted by Gasteiger charge is 2.31. The van der Waals surface area contributed by atoms with Gasteiger partial charge in [-0.05, 0) is 56.9 Å². The normalized spacial score (nSPS) is 16.4. The van der Waals surface area contributed by atoms with Crippen molar-refractivity contribution in [3.05, 3.63) is 28.8 Å². The first-order valence-electron chi connectivity index (χ1n) is 8.84. The van der Waals surface area contributed by atoms with Gasteiger partial charge in [-0.1, -0.05) is 18.5 Å². The van der Waals surface area contributed by atoms with Crippen LogP contribution in [0.5, 0.6) is 5.75 Å². The maximum Gasteiger partial charge on any atom is 0.309 e. The number of hydrogen-bond acceptors (Lipinski definition) is 4. The number of benzene rings is 1. The maximum atomic E-state index is 12.7. The molecule has 1 heterocycles. The number of halogens is 1. The molecule has 1 aliphatic rings. The van der Waals surface area contributed by atoms with E-state index in [4.69, 9.17) is 21.1 Å². The van der Waals surface area contributed by atoms with E-state index in [1.165, 1.54) is 0 Å². The molecule has 1 atom stereocenters. The van der Waals surface area contributed by atoms with E-state index < -0.39 is 6.10 Å². The average molecular weight is 368 g/mol. The van der Waals surface area contributed by atoms with E-state index >= 15 is 0 Å². The van der Waals surface area contributed by atoms with Crippen molar-refractivity contribution < 1.29 is 19.1 Å². The fourth-order valence-electron chi connectivity index (χ4n) is 2.96. The molecule has 0 spiro atoms. The Morgan fingerprint density at radius 3 is 2.52 bits per heavy atom. The molecule has 138 valence electrons. The Bertz CT molecular complexity index is 611. The maximum absolute atomic E-state index is 12.7. The number of amides is 1. The van der Waals surface area contributed by atoms with Crippen LogP contribution in [-0.2, 0) is 14.3 Å². The molecule has 1 fully saturated rings. The van der Waals surface area contributed by atoms with Crippen LogP contribution in [0.4, 0.5) is 0 Å². The van der Waals surface area contributed by atoms with Crippen molar-refractivity contribution >= 4 is 23.5 Å². The third-order valence-corrected chi connectivity index (χ3v) is 4.90. The molecule has 1 amide bonds. The summed E-state index contributed by atoms with van der Waals surface area (Å²) in [4.78, 5) is 26.3. The molecular formula is C19H26ClNO4. The van der Waals surface area contributed by atoms with Gasteiger partial charge in [0.05, 0.1) is 12.5 Å². The fraction of sp³-hybridized carbons (Fsp3) is 0.579. The minimum atomic E-state index is -0.528. The van der Waals surface area contributed by atoms with Crippen molar-refractivity contribution in [2.75, 3.05) is 19.7 Å².